The molecule has 0 atom stereocenters. The molecule has 88 valence electrons. The zero-order valence-electron chi connectivity index (χ0n) is 9.08. The van der Waals surface area contributed by atoms with Gasteiger partial charge in [-0.1, -0.05) is 9.59 Å². The minimum absolute atomic E-state index is 0.323. The Morgan fingerprint density at radius 1 is 1.41 bits per heavy atom. The maximum atomic E-state index is 11.4. The summed E-state index contributed by atoms with van der Waals surface area (Å²) in [7, 11) is 0. The zero-order valence-corrected chi connectivity index (χ0v) is 9.90. The van der Waals surface area contributed by atoms with Crippen LogP contribution >= 0.6 is 11.5 Å². The van der Waals surface area contributed by atoms with Gasteiger partial charge in [0, 0.05) is 17.2 Å². The molecule has 0 unspecified atom stereocenters. The summed E-state index contributed by atoms with van der Waals surface area (Å²) in [6.07, 6.45) is 0. The summed E-state index contributed by atoms with van der Waals surface area (Å²) in [6, 6.07) is 6.92. The van der Waals surface area contributed by atoms with Crippen molar-refractivity contribution in [2.75, 3.05) is 11.9 Å². The molecule has 2 aromatic rings. The molecule has 1 heterocycles. The highest BCUT2D eigenvalue weighted by molar-refractivity contribution is 7.09. The fourth-order valence-electron chi connectivity index (χ4n) is 1.21. The summed E-state index contributed by atoms with van der Waals surface area (Å²) < 4.78 is 8.52. The molecule has 0 radical (unpaired) electrons. The maximum absolute atomic E-state index is 11.4. The fourth-order valence-corrected chi connectivity index (χ4v) is 1.60. The Bertz CT molecular complexity index is 484. The Hall–Kier alpha value is -2.02. The molecular weight excluding hydrogens is 240 g/mol. The van der Waals surface area contributed by atoms with Gasteiger partial charge < -0.3 is 10.1 Å². The molecule has 0 aliphatic rings. The van der Waals surface area contributed by atoms with Crippen molar-refractivity contribution >= 4 is 28.3 Å². The summed E-state index contributed by atoms with van der Waals surface area (Å²) >= 11 is 1.16. The second-order valence-electron chi connectivity index (χ2n) is 3.09. The lowest BCUT2D eigenvalue weighted by atomic mass is 10.2. The molecule has 7 heteroatoms. The van der Waals surface area contributed by atoms with Gasteiger partial charge in [-0.3, -0.25) is 0 Å². The molecule has 0 bridgehead atoms. The van der Waals surface area contributed by atoms with E-state index in [4.69, 9.17) is 4.74 Å². The maximum Gasteiger partial charge on any atom is 0.338 e. The van der Waals surface area contributed by atoms with Crippen LogP contribution in [0.15, 0.2) is 24.3 Å². The van der Waals surface area contributed by atoms with Crippen molar-refractivity contribution in [3.8, 4) is 0 Å². The molecule has 0 amide bonds. The van der Waals surface area contributed by atoms with Crippen LogP contribution in [0.4, 0.5) is 10.8 Å². The van der Waals surface area contributed by atoms with Gasteiger partial charge in [0.2, 0.25) is 5.13 Å². The summed E-state index contributed by atoms with van der Waals surface area (Å²) in [5.41, 5.74) is 1.34. The Kier molecular flexibility index (Phi) is 3.61. The van der Waals surface area contributed by atoms with Crippen molar-refractivity contribution < 1.29 is 9.53 Å². The highest BCUT2D eigenvalue weighted by Gasteiger charge is 2.06. The van der Waals surface area contributed by atoms with Gasteiger partial charge >= 0.3 is 5.97 Å². The number of esters is 1. The van der Waals surface area contributed by atoms with E-state index < -0.39 is 0 Å². The quantitative estimate of drug-likeness (QED) is 0.834. The largest absolute Gasteiger partial charge is 0.462 e. The molecule has 0 saturated heterocycles. The minimum Gasteiger partial charge on any atom is -0.462 e. The first-order valence-electron chi connectivity index (χ1n) is 4.99. The molecule has 0 aliphatic heterocycles. The molecule has 1 N–H and O–H groups in total. The number of rotatable bonds is 4. The average molecular weight is 250 g/mol. The Labute approximate surface area is 102 Å². The second kappa shape index (κ2) is 5.35. The lowest BCUT2D eigenvalue weighted by Gasteiger charge is -2.03. The van der Waals surface area contributed by atoms with Crippen molar-refractivity contribution in [3.63, 3.8) is 0 Å². The monoisotopic (exact) mass is 250 g/mol. The molecule has 2 rings (SSSR count). The number of nitrogens with one attached hydrogen (secondary N) is 1. The third-order valence-corrected chi connectivity index (χ3v) is 2.46. The SMILES string of the molecule is CCOC(=O)c1ccc(Nc2nnns2)cc1. The highest BCUT2D eigenvalue weighted by atomic mass is 32.1. The number of aromatic nitrogens is 3. The van der Waals surface area contributed by atoms with Gasteiger partial charge in [0.25, 0.3) is 0 Å². The molecule has 1 aromatic heterocycles. The van der Waals surface area contributed by atoms with Gasteiger partial charge in [0.05, 0.1) is 12.2 Å². The van der Waals surface area contributed by atoms with Crippen LogP contribution in [0.3, 0.4) is 0 Å². The molecular formula is C10H10N4O2S. The first-order valence-corrected chi connectivity index (χ1v) is 5.76. The number of ether oxygens (including phenoxy) is 1. The van der Waals surface area contributed by atoms with Crippen LogP contribution in [0.25, 0.3) is 0 Å². The van der Waals surface area contributed by atoms with Crippen molar-refractivity contribution in [1.82, 2.24) is 14.8 Å². The zero-order chi connectivity index (χ0) is 12.1. The standard InChI is InChI=1S/C10H10N4O2S/c1-2-16-9(15)7-3-5-8(6-4-7)11-10-12-13-14-17-10/h3-6H,2H2,1H3,(H,11,12,14). The van der Waals surface area contributed by atoms with Crippen LogP contribution in [-0.4, -0.2) is 27.4 Å². The first kappa shape index (κ1) is 11.5. The number of hydrogen-bond acceptors (Lipinski definition) is 7. The van der Waals surface area contributed by atoms with E-state index in [0.717, 1.165) is 17.2 Å². The Morgan fingerprint density at radius 3 is 2.76 bits per heavy atom. The highest BCUT2D eigenvalue weighted by Crippen LogP contribution is 2.16. The number of carbonyl (C=O) groups excluding carboxylic acids is 1. The average Bonchev–Trinajstić information content (AvgIpc) is 2.83. The van der Waals surface area contributed by atoms with Gasteiger partial charge in [-0.25, -0.2) is 4.79 Å². The third-order valence-electron chi connectivity index (χ3n) is 1.95. The summed E-state index contributed by atoms with van der Waals surface area (Å²) in [6.45, 7) is 2.14. The molecule has 0 saturated carbocycles. The number of benzene rings is 1. The van der Waals surface area contributed by atoms with Crippen molar-refractivity contribution in [2.45, 2.75) is 6.92 Å². The topological polar surface area (TPSA) is 77.0 Å². The van der Waals surface area contributed by atoms with E-state index >= 15 is 0 Å². The smallest absolute Gasteiger partial charge is 0.338 e. The van der Waals surface area contributed by atoms with Crippen molar-refractivity contribution in [3.05, 3.63) is 29.8 Å². The number of anilines is 2. The van der Waals surface area contributed by atoms with E-state index in [-0.39, 0.29) is 5.97 Å². The van der Waals surface area contributed by atoms with Gasteiger partial charge in [0.15, 0.2) is 0 Å². The number of nitrogens with zero attached hydrogens (tertiary/aromatic N) is 3. The molecule has 17 heavy (non-hydrogen) atoms. The van der Waals surface area contributed by atoms with Crippen LogP contribution in [0.2, 0.25) is 0 Å². The third kappa shape index (κ3) is 2.97. The molecule has 1 aromatic carbocycles. The van der Waals surface area contributed by atoms with E-state index in [1.54, 1.807) is 31.2 Å². The first-order chi connectivity index (χ1) is 8.29. The second-order valence-corrected chi connectivity index (χ2v) is 3.82. The van der Waals surface area contributed by atoms with Crippen LogP contribution in [0.5, 0.6) is 0 Å². The van der Waals surface area contributed by atoms with Crippen LogP contribution in [0, 0.1) is 0 Å². The lowest BCUT2D eigenvalue weighted by molar-refractivity contribution is 0.0526. The predicted octanol–water partition coefficient (Wildman–Crippen LogP) is 1.85. The summed E-state index contributed by atoms with van der Waals surface area (Å²) in [5.74, 6) is -0.323. The van der Waals surface area contributed by atoms with E-state index in [0.29, 0.717) is 17.3 Å². The normalized spacial score (nSPS) is 9.94. The van der Waals surface area contributed by atoms with Crippen molar-refractivity contribution in [2.24, 2.45) is 0 Å². The van der Waals surface area contributed by atoms with Crippen LogP contribution in [-0.2, 0) is 4.74 Å². The Balaban J connectivity index is 2.05. The van der Waals surface area contributed by atoms with Crippen LogP contribution in [0.1, 0.15) is 17.3 Å². The minimum atomic E-state index is -0.323. The molecule has 6 nitrogen and oxygen atoms in total. The molecule has 0 fully saturated rings. The van der Waals surface area contributed by atoms with Crippen LogP contribution < -0.4 is 5.32 Å². The summed E-state index contributed by atoms with van der Waals surface area (Å²) in [4.78, 5) is 11.4. The van der Waals surface area contributed by atoms with Crippen molar-refractivity contribution in [1.29, 1.82) is 0 Å². The predicted molar refractivity (Wildman–Crippen MR) is 63.4 cm³/mol. The van der Waals surface area contributed by atoms with E-state index in [1.807, 2.05) is 0 Å². The van der Waals surface area contributed by atoms with Gasteiger partial charge in [-0.2, -0.15) is 0 Å². The number of hydrogen-bond donors (Lipinski definition) is 1. The summed E-state index contributed by atoms with van der Waals surface area (Å²) in [5, 5.41) is 10.8. The fraction of sp³-hybridized carbons (Fsp3) is 0.200. The number of carbonyl (C=O) groups is 1. The molecule has 0 spiro atoms. The lowest BCUT2D eigenvalue weighted by Crippen LogP contribution is -2.04. The Morgan fingerprint density at radius 2 is 2.18 bits per heavy atom. The van der Waals surface area contributed by atoms with E-state index in [9.17, 15) is 4.79 Å². The van der Waals surface area contributed by atoms with E-state index in [1.165, 1.54) is 0 Å². The van der Waals surface area contributed by atoms with Gasteiger partial charge in [-0.05, 0) is 36.4 Å². The molecule has 0 aliphatic carbocycles. The van der Waals surface area contributed by atoms with E-state index in [2.05, 4.69) is 20.1 Å². The van der Waals surface area contributed by atoms with Gasteiger partial charge in [-0.15, -0.1) is 0 Å². The van der Waals surface area contributed by atoms with Gasteiger partial charge in [0.1, 0.15) is 0 Å².